The quantitative estimate of drug-likeness (QED) is 0.545. The Morgan fingerprint density at radius 1 is 1.08 bits per heavy atom. The molecule has 0 atom stereocenters. The number of nitrogens with zero attached hydrogens (tertiary/aromatic N) is 1. The number of halogens is 1. The number of H-pyrrole nitrogens is 1. The van der Waals surface area contributed by atoms with E-state index in [0.717, 1.165) is 27.4 Å². The van der Waals surface area contributed by atoms with E-state index in [2.05, 4.69) is 21.4 Å². The lowest BCUT2D eigenvalue weighted by Crippen LogP contribution is -2.20. The van der Waals surface area contributed by atoms with Crippen molar-refractivity contribution >= 4 is 33.8 Å². The molecule has 4 rings (SSSR count). The molecule has 0 bridgehead atoms. The number of nitrogens with one attached hydrogen (secondary N) is 2. The van der Waals surface area contributed by atoms with E-state index in [-0.39, 0.29) is 11.7 Å². The first-order chi connectivity index (χ1) is 12.7. The molecule has 0 aliphatic carbocycles. The molecule has 1 amide bonds. The molecule has 0 aliphatic heterocycles. The molecule has 0 spiro atoms. The van der Waals surface area contributed by atoms with Gasteiger partial charge in [0.25, 0.3) is 0 Å². The number of pyridine rings is 1. The number of amides is 1. The minimum atomic E-state index is -0.293. The van der Waals surface area contributed by atoms with Crippen molar-refractivity contribution in [3.63, 3.8) is 0 Å². The maximum Gasteiger partial charge on any atom is 0.244 e. The van der Waals surface area contributed by atoms with E-state index in [1.165, 1.54) is 18.2 Å². The predicted octanol–water partition coefficient (Wildman–Crippen LogP) is 4.18. The Bertz CT molecular complexity index is 1110. The second-order valence-electron chi connectivity index (χ2n) is 6.00. The standard InChI is InChI=1S/C21H16FN3O/c22-15-7-5-14(6-8-15)12-24-21(26)10-9-16-11-18-17-3-1-2-4-19(17)25-20(18)13-23-16/h1-11,13,25H,12H2,(H,24,26)/b10-9+. The number of carbonyl (C=O) groups excluding carboxylic acids is 1. The fourth-order valence-corrected chi connectivity index (χ4v) is 2.87. The maximum atomic E-state index is 12.9. The van der Waals surface area contributed by atoms with Crippen molar-refractivity contribution in [2.45, 2.75) is 6.54 Å². The van der Waals surface area contributed by atoms with Crippen LogP contribution in [0, 0.1) is 5.82 Å². The van der Waals surface area contributed by atoms with Crippen LogP contribution in [0.3, 0.4) is 0 Å². The van der Waals surface area contributed by atoms with Crippen LogP contribution in [0.2, 0.25) is 0 Å². The van der Waals surface area contributed by atoms with Gasteiger partial charge in [-0.25, -0.2) is 4.39 Å². The van der Waals surface area contributed by atoms with Crippen molar-refractivity contribution in [3.8, 4) is 0 Å². The van der Waals surface area contributed by atoms with Gasteiger partial charge in [-0.3, -0.25) is 9.78 Å². The number of aromatic amines is 1. The zero-order chi connectivity index (χ0) is 17.9. The van der Waals surface area contributed by atoms with E-state index in [9.17, 15) is 9.18 Å². The summed E-state index contributed by atoms with van der Waals surface area (Å²) in [7, 11) is 0. The van der Waals surface area contributed by atoms with Gasteiger partial charge in [0.2, 0.25) is 5.91 Å². The highest BCUT2D eigenvalue weighted by Crippen LogP contribution is 2.25. The topological polar surface area (TPSA) is 57.8 Å². The van der Waals surface area contributed by atoms with Crippen molar-refractivity contribution in [3.05, 3.63) is 83.9 Å². The fraction of sp³-hybridized carbons (Fsp3) is 0.0476. The molecule has 26 heavy (non-hydrogen) atoms. The molecular formula is C21H16FN3O. The third kappa shape index (κ3) is 3.32. The van der Waals surface area contributed by atoms with Crippen LogP contribution in [-0.2, 0) is 11.3 Å². The number of para-hydroxylation sites is 1. The van der Waals surface area contributed by atoms with E-state index in [0.29, 0.717) is 12.2 Å². The van der Waals surface area contributed by atoms with Crippen LogP contribution in [0.5, 0.6) is 0 Å². The van der Waals surface area contributed by atoms with Gasteiger partial charge in [-0.15, -0.1) is 0 Å². The average Bonchev–Trinajstić information content (AvgIpc) is 3.04. The zero-order valence-corrected chi connectivity index (χ0v) is 13.9. The molecule has 2 aromatic heterocycles. The van der Waals surface area contributed by atoms with Gasteiger partial charge in [0.15, 0.2) is 0 Å². The summed E-state index contributed by atoms with van der Waals surface area (Å²) in [4.78, 5) is 19.7. The third-order valence-electron chi connectivity index (χ3n) is 4.20. The van der Waals surface area contributed by atoms with E-state index in [1.807, 2.05) is 24.3 Å². The molecule has 128 valence electrons. The Kier molecular flexibility index (Phi) is 4.19. The number of hydrogen-bond donors (Lipinski definition) is 2. The highest BCUT2D eigenvalue weighted by Gasteiger charge is 2.04. The lowest BCUT2D eigenvalue weighted by molar-refractivity contribution is -0.116. The second kappa shape index (κ2) is 6.80. The molecule has 5 heteroatoms. The van der Waals surface area contributed by atoms with Gasteiger partial charge in [0.05, 0.1) is 17.4 Å². The molecule has 4 aromatic rings. The summed E-state index contributed by atoms with van der Waals surface area (Å²) in [5.74, 6) is -0.520. The lowest BCUT2D eigenvalue weighted by Gasteiger charge is -2.02. The number of hydrogen-bond acceptors (Lipinski definition) is 2. The Morgan fingerprint density at radius 3 is 2.73 bits per heavy atom. The highest BCUT2D eigenvalue weighted by atomic mass is 19.1. The van der Waals surface area contributed by atoms with Gasteiger partial charge in [-0.1, -0.05) is 30.3 Å². The normalized spacial score (nSPS) is 11.4. The summed E-state index contributed by atoms with van der Waals surface area (Å²) in [6.45, 7) is 0.346. The molecule has 0 aliphatic rings. The smallest absolute Gasteiger partial charge is 0.244 e. The number of benzene rings is 2. The molecular weight excluding hydrogens is 329 g/mol. The van der Waals surface area contributed by atoms with Crippen molar-refractivity contribution in [2.24, 2.45) is 0 Å². The molecule has 0 saturated carbocycles. The second-order valence-corrected chi connectivity index (χ2v) is 6.00. The van der Waals surface area contributed by atoms with Crippen LogP contribution in [0.1, 0.15) is 11.3 Å². The molecule has 0 unspecified atom stereocenters. The maximum absolute atomic E-state index is 12.9. The van der Waals surface area contributed by atoms with Crippen LogP contribution in [0.25, 0.3) is 27.9 Å². The molecule has 2 N–H and O–H groups in total. The molecule has 4 nitrogen and oxygen atoms in total. The zero-order valence-electron chi connectivity index (χ0n) is 13.9. The monoisotopic (exact) mass is 345 g/mol. The number of fused-ring (bicyclic) bond motifs is 3. The fourth-order valence-electron chi connectivity index (χ4n) is 2.87. The minimum absolute atomic E-state index is 0.227. The molecule has 0 radical (unpaired) electrons. The predicted molar refractivity (Wildman–Crippen MR) is 101 cm³/mol. The number of aromatic nitrogens is 2. The molecule has 2 aromatic carbocycles. The lowest BCUT2D eigenvalue weighted by atomic mass is 10.1. The van der Waals surface area contributed by atoms with Crippen LogP contribution in [-0.4, -0.2) is 15.9 Å². The van der Waals surface area contributed by atoms with Gasteiger partial charge >= 0.3 is 0 Å². The van der Waals surface area contributed by atoms with Crippen molar-refractivity contribution in [2.75, 3.05) is 0 Å². The summed E-state index contributed by atoms with van der Waals surface area (Å²) in [6.07, 6.45) is 4.90. The van der Waals surface area contributed by atoms with Crippen molar-refractivity contribution in [1.29, 1.82) is 0 Å². The number of carbonyl (C=O) groups is 1. The first-order valence-corrected chi connectivity index (χ1v) is 8.26. The van der Waals surface area contributed by atoms with Crippen LogP contribution in [0.15, 0.2) is 66.9 Å². The summed E-state index contributed by atoms with van der Waals surface area (Å²) in [6, 6.07) is 16.0. The van der Waals surface area contributed by atoms with Crippen LogP contribution in [0.4, 0.5) is 4.39 Å². The molecule has 2 heterocycles. The Morgan fingerprint density at radius 2 is 1.88 bits per heavy atom. The Balaban J connectivity index is 1.48. The van der Waals surface area contributed by atoms with Gasteiger partial charge in [0, 0.05) is 28.9 Å². The molecule has 0 fully saturated rings. The summed E-state index contributed by atoms with van der Waals surface area (Å²) >= 11 is 0. The largest absolute Gasteiger partial charge is 0.353 e. The van der Waals surface area contributed by atoms with Crippen molar-refractivity contribution in [1.82, 2.24) is 15.3 Å². The van der Waals surface area contributed by atoms with Crippen LogP contribution < -0.4 is 5.32 Å². The van der Waals surface area contributed by atoms with Crippen molar-refractivity contribution < 1.29 is 9.18 Å². The Hall–Kier alpha value is -3.47. The van der Waals surface area contributed by atoms with E-state index in [4.69, 9.17) is 0 Å². The van der Waals surface area contributed by atoms with E-state index >= 15 is 0 Å². The first kappa shape index (κ1) is 16.0. The average molecular weight is 345 g/mol. The van der Waals surface area contributed by atoms with E-state index in [1.54, 1.807) is 24.4 Å². The van der Waals surface area contributed by atoms with E-state index < -0.39 is 0 Å². The van der Waals surface area contributed by atoms with Gasteiger partial charge < -0.3 is 10.3 Å². The van der Waals surface area contributed by atoms with Gasteiger partial charge in [-0.2, -0.15) is 0 Å². The SMILES string of the molecule is O=C(/C=C/c1cc2c(cn1)[nH]c1ccccc12)NCc1ccc(F)cc1. The minimum Gasteiger partial charge on any atom is -0.353 e. The van der Waals surface area contributed by atoms with Gasteiger partial charge in [-0.05, 0) is 35.9 Å². The number of rotatable bonds is 4. The Labute approximate surface area is 149 Å². The van der Waals surface area contributed by atoms with Crippen LogP contribution >= 0.6 is 0 Å². The summed E-state index contributed by atoms with van der Waals surface area (Å²) < 4.78 is 12.9. The first-order valence-electron chi connectivity index (χ1n) is 8.26. The highest BCUT2D eigenvalue weighted by molar-refractivity contribution is 6.07. The molecule has 0 saturated heterocycles. The van der Waals surface area contributed by atoms with Gasteiger partial charge in [0.1, 0.15) is 5.82 Å². The summed E-state index contributed by atoms with van der Waals surface area (Å²) in [5, 5.41) is 4.96. The summed E-state index contributed by atoms with van der Waals surface area (Å²) in [5.41, 5.74) is 3.57. The third-order valence-corrected chi connectivity index (χ3v) is 4.20.